The second kappa shape index (κ2) is 5.69. The van der Waals surface area contributed by atoms with Gasteiger partial charge in [0.1, 0.15) is 5.54 Å². The molecule has 2 unspecified atom stereocenters. The number of hydrogen-bond donors (Lipinski definition) is 2. The summed E-state index contributed by atoms with van der Waals surface area (Å²) in [6, 6.07) is 0. The molecule has 0 spiro atoms. The molecule has 0 radical (unpaired) electrons. The molecule has 6 heteroatoms. The summed E-state index contributed by atoms with van der Waals surface area (Å²) < 4.78 is 5.23. The molecule has 6 nitrogen and oxygen atoms in total. The molecular weight excluding hydrogens is 260 g/mol. The van der Waals surface area contributed by atoms with Gasteiger partial charge in [0, 0.05) is 19.7 Å². The van der Waals surface area contributed by atoms with E-state index in [1.165, 1.54) is 0 Å². The Morgan fingerprint density at radius 1 is 1.40 bits per heavy atom. The Kier molecular flexibility index (Phi) is 4.34. The van der Waals surface area contributed by atoms with Gasteiger partial charge < -0.3 is 20.5 Å². The number of piperidine rings is 1. The molecule has 0 aromatic heterocycles. The minimum Gasteiger partial charge on any atom is -0.481 e. The quantitative estimate of drug-likeness (QED) is 0.788. The molecule has 0 aromatic carbocycles. The number of carboxylic acids is 1. The molecule has 1 amide bonds. The monoisotopic (exact) mass is 284 g/mol. The molecule has 0 bridgehead atoms. The van der Waals surface area contributed by atoms with Crippen LogP contribution in [0.15, 0.2) is 0 Å². The molecule has 3 N–H and O–H groups in total. The van der Waals surface area contributed by atoms with Crippen LogP contribution in [0.2, 0.25) is 0 Å². The van der Waals surface area contributed by atoms with E-state index >= 15 is 0 Å². The number of rotatable bonds is 4. The summed E-state index contributed by atoms with van der Waals surface area (Å²) in [6.45, 7) is 3.57. The minimum atomic E-state index is -0.964. The molecule has 20 heavy (non-hydrogen) atoms. The van der Waals surface area contributed by atoms with Crippen LogP contribution in [0, 0.1) is 5.41 Å². The van der Waals surface area contributed by atoms with Crippen molar-refractivity contribution in [2.45, 2.75) is 44.6 Å². The molecule has 0 aromatic rings. The second-order valence-corrected chi connectivity index (χ2v) is 6.12. The highest BCUT2D eigenvalue weighted by Crippen LogP contribution is 2.36. The summed E-state index contributed by atoms with van der Waals surface area (Å²) in [5.41, 5.74) is 4.34. The Hall–Kier alpha value is -1.14. The first kappa shape index (κ1) is 15.3. The van der Waals surface area contributed by atoms with Crippen LogP contribution in [0.3, 0.4) is 0 Å². The Morgan fingerprint density at radius 3 is 2.70 bits per heavy atom. The molecule has 0 aliphatic carbocycles. The van der Waals surface area contributed by atoms with E-state index in [4.69, 9.17) is 10.5 Å². The lowest BCUT2D eigenvalue weighted by atomic mass is 9.76. The standard InChI is InChI=1S/C14H24N2O4/c1-2-4-13(12(18)19)5-3-7-16(9-13)11(17)14(15)6-8-20-10-14/h2-10,15H2,1H3,(H,18,19). The number of ether oxygens (including phenoxy) is 1. The van der Waals surface area contributed by atoms with Gasteiger partial charge in [-0.05, 0) is 25.7 Å². The fourth-order valence-corrected chi connectivity index (χ4v) is 3.33. The molecule has 0 saturated carbocycles. The number of amides is 1. The molecule has 2 fully saturated rings. The first-order valence-corrected chi connectivity index (χ1v) is 7.33. The number of likely N-dealkylation sites (tertiary alicyclic amines) is 1. The fraction of sp³-hybridized carbons (Fsp3) is 0.857. The zero-order valence-electron chi connectivity index (χ0n) is 12.1. The Bertz CT molecular complexity index is 389. The van der Waals surface area contributed by atoms with Crippen molar-refractivity contribution in [2.75, 3.05) is 26.3 Å². The van der Waals surface area contributed by atoms with Crippen molar-refractivity contribution in [1.29, 1.82) is 0 Å². The molecule has 2 saturated heterocycles. The van der Waals surface area contributed by atoms with Gasteiger partial charge in [-0.25, -0.2) is 0 Å². The van der Waals surface area contributed by atoms with E-state index in [1.54, 1.807) is 4.90 Å². The number of nitrogens with two attached hydrogens (primary N) is 1. The van der Waals surface area contributed by atoms with Crippen LogP contribution in [-0.4, -0.2) is 53.7 Å². The van der Waals surface area contributed by atoms with Gasteiger partial charge in [0.25, 0.3) is 0 Å². The summed E-state index contributed by atoms with van der Waals surface area (Å²) in [7, 11) is 0. The smallest absolute Gasteiger partial charge is 0.311 e. The number of carbonyl (C=O) groups is 2. The van der Waals surface area contributed by atoms with Gasteiger partial charge in [0.15, 0.2) is 0 Å². The lowest BCUT2D eigenvalue weighted by molar-refractivity contribution is -0.156. The van der Waals surface area contributed by atoms with Crippen molar-refractivity contribution in [2.24, 2.45) is 11.1 Å². The minimum absolute atomic E-state index is 0.156. The lowest BCUT2D eigenvalue weighted by Gasteiger charge is -2.42. The average Bonchev–Trinajstić information content (AvgIpc) is 2.86. The predicted octanol–water partition coefficient (Wildman–Crippen LogP) is 0.598. The summed E-state index contributed by atoms with van der Waals surface area (Å²) >= 11 is 0. The molecule has 114 valence electrons. The number of carboxylic acid groups (broad SMARTS) is 1. The van der Waals surface area contributed by atoms with Crippen molar-refractivity contribution in [3.05, 3.63) is 0 Å². The zero-order valence-corrected chi connectivity index (χ0v) is 12.1. The van der Waals surface area contributed by atoms with E-state index in [9.17, 15) is 14.7 Å². The summed E-state index contributed by atoms with van der Waals surface area (Å²) in [6.07, 6.45) is 3.25. The van der Waals surface area contributed by atoms with E-state index in [1.807, 2.05) is 6.92 Å². The van der Waals surface area contributed by atoms with Gasteiger partial charge in [0.2, 0.25) is 5.91 Å². The fourth-order valence-electron chi connectivity index (χ4n) is 3.33. The zero-order chi connectivity index (χ0) is 14.8. The number of carbonyl (C=O) groups excluding carboxylic acids is 1. The largest absolute Gasteiger partial charge is 0.481 e. The van der Waals surface area contributed by atoms with Gasteiger partial charge >= 0.3 is 5.97 Å². The van der Waals surface area contributed by atoms with Crippen LogP contribution in [0.5, 0.6) is 0 Å². The molecule has 2 rings (SSSR count). The Morgan fingerprint density at radius 2 is 2.15 bits per heavy atom. The highest BCUT2D eigenvalue weighted by atomic mass is 16.5. The predicted molar refractivity (Wildman–Crippen MR) is 73.1 cm³/mol. The average molecular weight is 284 g/mol. The van der Waals surface area contributed by atoms with E-state index in [-0.39, 0.29) is 19.1 Å². The van der Waals surface area contributed by atoms with Gasteiger partial charge in [-0.1, -0.05) is 13.3 Å². The van der Waals surface area contributed by atoms with Gasteiger partial charge in [0.05, 0.1) is 12.0 Å². The van der Waals surface area contributed by atoms with Crippen LogP contribution in [0.25, 0.3) is 0 Å². The lowest BCUT2D eigenvalue weighted by Crippen LogP contribution is -2.60. The third kappa shape index (κ3) is 2.67. The SMILES string of the molecule is CCCC1(C(=O)O)CCCN(C(=O)C2(N)CCOC2)C1. The highest BCUT2D eigenvalue weighted by molar-refractivity contribution is 5.87. The van der Waals surface area contributed by atoms with Crippen LogP contribution in [0.4, 0.5) is 0 Å². The van der Waals surface area contributed by atoms with Crippen molar-refractivity contribution in [3.63, 3.8) is 0 Å². The highest BCUT2D eigenvalue weighted by Gasteiger charge is 2.47. The van der Waals surface area contributed by atoms with Crippen molar-refractivity contribution in [1.82, 2.24) is 4.90 Å². The van der Waals surface area contributed by atoms with E-state index < -0.39 is 16.9 Å². The molecule has 2 aliphatic rings. The van der Waals surface area contributed by atoms with Crippen molar-refractivity contribution in [3.8, 4) is 0 Å². The first-order chi connectivity index (χ1) is 9.43. The van der Waals surface area contributed by atoms with Gasteiger partial charge in [-0.3, -0.25) is 9.59 Å². The molecule has 2 heterocycles. The van der Waals surface area contributed by atoms with E-state index in [0.29, 0.717) is 32.4 Å². The van der Waals surface area contributed by atoms with Gasteiger partial charge in [-0.2, -0.15) is 0 Å². The Balaban J connectivity index is 2.13. The number of nitrogens with zero attached hydrogens (tertiary/aromatic N) is 1. The summed E-state index contributed by atoms with van der Waals surface area (Å²) in [4.78, 5) is 25.8. The second-order valence-electron chi connectivity index (χ2n) is 6.12. The van der Waals surface area contributed by atoms with Crippen molar-refractivity contribution >= 4 is 11.9 Å². The van der Waals surface area contributed by atoms with Crippen LogP contribution < -0.4 is 5.73 Å². The summed E-state index contributed by atoms with van der Waals surface area (Å²) in [5.74, 6) is -0.956. The Labute approximate surface area is 119 Å². The maximum absolute atomic E-state index is 12.6. The van der Waals surface area contributed by atoms with Crippen LogP contribution >= 0.6 is 0 Å². The number of hydrogen-bond acceptors (Lipinski definition) is 4. The third-order valence-corrected chi connectivity index (χ3v) is 4.52. The van der Waals surface area contributed by atoms with Gasteiger partial charge in [-0.15, -0.1) is 0 Å². The van der Waals surface area contributed by atoms with E-state index in [2.05, 4.69) is 0 Å². The van der Waals surface area contributed by atoms with Crippen molar-refractivity contribution < 1.29 is 19.4 Å². The number of aliphatic carboxylic acids is 1. The molecule has 2 aliphatic heterocycles. The first-order valence-electron chi connectivity index (χ1n) is 7.33. The topological polar surface area (TPSA) is 92.9 Å². The normalized spacial score (nSPS) is 34.2. The summed E-state index contributed by atoms with van der Waals surface area (Å²) in [5, 5.41) is 9.56. The van der Waals surface area contributed by atoms with E-state index in [0.717, 1.165) is 12.8 Å². The molecular formula is C14H24N2O4. The van der Waals surface area contributed by atoms with Crippen LogP contribution in [-0.2, 0) is 14.3 Å². The maximum atomic E-state index is 12.6. The third-order valence-electron chi connectivity index (χ3n) is 4.52. The molecule has 2 atom stereocenters. The van der Waals surface area contributed by atoms with Crippen LogP contribution in [0.1, 0.15) is 39.0 Å². The maximum Gasteiger partial charge on any atom is 0.311 e.